The molecule has 66 heavy (non-hydrogen) atoms. The second kappa shape index (κ2) is 24.7. The third-order valence-corrected chi connectivity index (χ3v) is 11.7. The largest absolute Gasteiger partial charge is 0.477 e. The van der Waals surface area contributed by atoms with Gasteiger partial charge in [0.05, 0.1) is 62.9 Å². The van der Waals surface area contributed by atoms with Gasteiger partial charge in [0.15, 0.2) is 18.9 Å². The summed E-state index contributed by atoms with van der Waals surface area (Å²) in [5.74, 6) is -9.30. The molecule has 8 unspecified atom stereocenters. The summed E-state index contributed by atoms with van der Waals surface area (Å²) >= 11 is 0. The van der Waals surface area contributed by atoms with Crippen molar-refractivity contribution in [1.82, 2.24) is 16.0 Å². The van der Waals surface area contributed by atoms with E-state index in [1.54, 1.807) is 0 Å². The molecule has 4 aliphatic rings. The van der Waals surface area contributed by atoms with Crippen molar-refractivity contribution in [2.75, 3.05) is 46.2 Å². The summed E-state index contributed by atoms with van der Waals surface area (Å²) in [5, 5.41) is 178. The molecule has 0 aromatic rings. The number of aliphatic hydroxyl groups excluding tert-OH is 15. The second-order valence-corrected chi connectivity index (χ2v) is 16.2. The number of hydrogen-bond acceptors (Lipinski definition) is 26. The lowest BCUT2D eigenvalue weighted by Crippen LogP contribution is -2.67. The number of rotatable bonds is 22. The van der Waals surface area contributed by atoms with E-state index in [1.165, 1.54) is 0 Å². The molecule has 0 aromatic heterocycles. The molecule has 3 amide bonds. The first-order valence-electron chi connectivity index (χ1n) is 20.9. The molecule has 30 nitrogen and oxygen atoms in total. The van der Waals surface area contributed by atoms with Crippen molar-refractivity contribution < 1.29 is 129 Å². The first kappa shape index (κ1) is 55.9. The van der Waals surface area contributed by atoms with Crippen molar-refractivity contribution in [1.29, 1.82) is 0 Å². The Morgan fingerprint density at radius 3 is 1.91 bits per heavy atom. The summed E-state index contributed by atoms with van der Waals surface area (Å²) in [6, 6.07) is -2.47. The van der Waals surface area contributed by atoms with E-state index in [0.29, 0.717) is 6.42 Å². The molecule has 0 radical (unpaired) electrons. The van der Waals surface area contributed by atoms with Crippen LogP contribution in [0.4, 0.5) is 4.79 Å². The number of carboxylic acid groups (broad SMARTS) is 1. The first-order valence-corrected chi connectivity index (χ1v) is 20.9. The zero-order valence-electron chi connectivity index (χ0n) is 35.4. The Morgan fingerprint density at radius 2 is 1.33 bits per heavy atom. The van der Waals surface area contributed by atoms with E-state index in [4.69, 9.17) is 38.9 Å². The highest BCUT2D eigenvalue weighted by atomic mass is 16.8. The molecule has 4 rings (SSSR count). The van der Waals surface area contributed by atoms with Gasteiger partial charge in [-0.05, 0) is 13.0 Å². The maximum absolute atomic E-state index is 12.5. The van der Waals surface area contributed by atoms with Crippen LogP contribution in [0.5, 0.6) is 0 Å². The number of carbonyl (C=O) groups excluding carboxylic acids is 2. The van der Waals surface area contributed by atoms with E-state index in [9.17, 15) is 96.1 Å². The molecule has 0 aromatic carbocycles. The SMILES string of the molecule is CC(=O)NC1[C@@H](OC2C([C@H](O)OC3[C@H](O)C([C@@H](O)CO)O[C@H](O[C@H]4C([C@H](O)CO)O[C@@](OCNC(=O)NCCCN)(C(=O)O)C[C@H]4O)[C@@H]3O)C(O)[C@H](O)[C@@H]2[C@@H](O)CO)OC(CO)[C@@H](O)[C@H]1O. The molecular formula is C36H64N4O26. The molecular weight excluding hydrogens is 904 g/mol. The number of carboxylic acids is 1. The summed E-state index contributed by atoms with van der Waals surface area (Å²) < 4.78 is 39.3. The van der Waals surface area contributed by atoms with Crippen LogP contribution in [0.25, 0.3) is 0 Å². The number of carbonyl (C=O) groups is 3. The number of hydrogen-bond donors (Lipinski definition) is 20. The smallest absolute Gasteiger partial charge is 0.364 e. The van der Waals surface area contributed by atoms with E-state index < -0.39 is 198 Å². The van der Waals surface area contributed by atoms with Gasteiger partial charge < -0.3 is 137 Å². The lowest BCUT2D eigenvalue weighted by molar-refractivity contribution is -0.379. The fourth-order valence-corrected chi connectivity index (χ4v) is 8.28. The zero-order valence-corrected chi connectivity index (χ0v) is 35.4. The quantitative estimate of drug-likeness (QED) is 0.0354. The normalized spacial score (nSPS) is 41.3. The molecule has 21 N–H and O–H groups in total. The van der Waals surface area contributed by atoms with Gasteiger partial charge in [-0.2, -0.15) is 0 Å². The lowest BCUT2D eigenvalue weighted by atomic mass is 9.91. The minimum Gasteiger partial charge on any atom is -0.477 e. The van der Waals surface area contributed by atoms with Crippen molar-refractivity contribution in [2.45, 2.75) is 148 Å². The van der Waals surface area contributed by atoms with Crippen LogP contribution in [0.2, 0.25) is 0 Å². The van der Waals surface area contributed by atoms with E-state index in [-0.39, 0.29) is 13.1 Å². The molecule has 0 bridgehead atoms. The van der Waals surface area contributed by atoms with Crippen LogP contribution in [0.15, 0.2) is 0 Å². The molecule has 3 saturated heterocycles. The van der Waals surface area contributed by atoms with Gasteiger partial charge in [-0.3, -0.25) is 4.79 Å². The van der Waals surface area contributed by atoms with Gasteiger partial charge in [-0.1, -0.05) is 0 Å². The highest BCUT2D eigenvalue weighted by molar-refractivity contribution is 5.76. The van der Waals surface area contributed by atoms with Gasteiger partial charge in [-0.25, -0.2) is 9.59 Å². The Balaban J connectivity index is 1.64. The van der Waals surface area contributed by atoms with E-state index in [2.05, 4.69) is 16.0 Å². The zero-order chi connectivity index (χ0) is 49.4. The highest BCUT2D eigenvalue weighted by Gasteiger charge is 2.61. The van der Waals surface area contributed by atoms with E-state index in [1.807, 2.05) is 0 Å². The maximum atomic E-state index is 12.5. The average molecular weight is 969 g/mol. The molecule has 3 heterocycles. The maximum Gasteiger partial charge on any atom is 0.364 e. The Labute approximate surface area is 374 Å². The summed E-state index contributed by atoms with van der Waals surface area (Å²) in [6.45, 7) is -3.76. The van der Waals surface area contributed by atoms with Crippen molar-refractivity contribution in [3.8, 4) is 0 Å². The molecule has 1 saturated carbocycles. The summed E-state index contributed by atoms with van der Waals surface area (Å²) in [5.41, 5.74) is 5.38. The van der Waals surface area contributed by atoms with Gasteiger partial charge >= 0.3 is 12.0 Å². The minimum atomic E-state index is -2.84. The number of aliphatic carboxylic acids is 1. The molecule has 384 valence electrons. The fourth-order valence-electron chi connectivity index (χ4n) is 8.28. The van der Waals surface area contributed by atoms with Crippen LogP contribution in [-0.2, 0) is 42.7 Å². The minimum absolute atomic E-state index is 0.149. The van der Waals surface area contributed by atoms with Gasteiger partial charge in [0.25, 0.3) is 5.79 Å². The topological polar surface area (TPSA) is 502 Å². The monoisotopic (exact) mass is 968 g/mol. The Bertz CT molecular complexity index is 1550. The van der Waals surface area contributed by atoms with Crippen LogP contribution in [0.1, 0.15) is 19.8 Å². The molecule has 4 fully saturated rings. The molecule has 1 aliphatic carbocycles. The predicted octanol–water partition coefficient (Wildman–Crippen LogP) is -11.6. The standard InChI is InChI=1S/C36H64N4O26/c1-11(45)40-19-23(53)20(50)16(9-44)61-32(19)65-29-17(13(47)6-41)21(51)22(52)18(29)31(56)62-30-24(54)26(14(48)7-42)63-33(25(30)55)64-27-12(46)5-36(34(57)58,66-28(27)15(49)8-43)60-10-39-35(59)38-4-2-3-37/h12-33,41-44,46-56H,2-10,37H2,1H3,(H,40,45)(H,57,58)(H2,38,39,59)/t12-,13+,14+,15-,16?,17+,18?,19?,20-,21-,22?,23+,24-,25-,26?,27-,28?,29?,30?,31-,32-,33-,36-/m1/s1. The number of nitrogens with two attached hydrogens (primary N) is 1. The molecule has 3 aliphatic heterocycles. The molecule has 23 atom stereocenters. The van der Waals surface area contributed by atoms with Gasteiger partial charge in [0.1, 0.15) is 79.9 Å². The number of nitrogens with one attached hydrogen (secondary N) is 3. The Kier molecular flexibility index (Phi) is 20.9. The third kappa shape index (κ3) is 12.5. The fraction of sp³-hybridized carbons (Fsp3) is 0.917. The molecule has 30 heteroatoms. The lowest BCUT2D eigenvalue weighted by Gasteiger charge is -2.49. The average Bonchev–Trinajstić information content (AvgIpc) is 3.52. The predicted molar refractivity (Wildman–Crippen MR) is 207 cm³/mol. The van der Waals surface area contributed by atoms with Crippen molar-refractivity contribution in [3.63, 3.8) is 0 Å². The van der Waals surface area contributed by atoms with Crippen molar-refractivity contribution in [2.24, 2.45) is 17.6 Å². The summed E-state index contributed by atoms with van der Waals surface area (Å²) in [6.07, 6.45) is -40.0. The highest BCUT2D eigenvalue weighted by Crippen LogP contribution is 2.43. The number of amides is 3. The number of ether oxygens (including phenoxy) is 7. The Hall–Kier alpha value is -2.71. The van der Waals surface area contributed by atoms with Gasteiger partial charge in [0, 0.05) is 25.8 Å². The van der Waals surface area contributed by atoms with Crippen molar-refractivity contribution >= 4 is 17.9 Å². The van der Waals surface area contributed by atoms with Crippen LogP contribution in [-0.4, -0.2) is 274 Å². The third-order valence-electron chi connectivity index (χ3n) is 11.7. The Morgan fingerprint density at radius 1 is 0.727 bits per heavy atom. The van der Waals surface area contributed by atoms with Crippen LogP contribution in [0, 0.1) is 11.8 Å². The summed E-state index contributed by atoms with van der Waals surface area (Å²) in [7, 11) is 0. The first-order chi connectivity index (χ1) is 31.1. The van der Waals surface area contributed by atoms with Crippen LogP contribution in [0.3, 0.4) is 0 Å². The summed E-state index contributed by atoms with van der Waals surface area (Å²) in [4.78, 5) is 36.7. The number of aliphatic hydroxyl groups is 15. The van der Waals surface area contributed by atoms with Crippen LogP contribution < -0.4 is 21.7 Å². The molecule has 0 spiro atoms. The van der Waals surface area contributed by atoms with Gasteiger partial charge in [-0.15, -0.1) is 0 Å². The van der Waals surface area contributed by atoms with E-state index in [0.717, 1.165) is 6.92 Å². The van der Waals surface area contributed by atoms with Gasteiger partial charge in [0.2, 0.25) is 5.91 Å². The second-order valence-electron chi connectivity index (χ2n) is 16.2. The number of urea groups is 1. The van der Waals surface area contributed by atoms with Crippen molar-refractivity contribution in [3.05, 3.63) is 0 Å². The van der Waals surface area contributed by atoms with Crippen LogP contribution >= 0.6 is 0 Å². The van der Waals surface area contributed by atoms with E-state index >= 15 is 0 Å².